The van der Waals surface area contributed by atoms with Crippen LogP contribution in [0.2, 0.25) is 0 Å². The van der Waals surface area contributed by atoms with E-state index in [4.69, 9.17) is 5.11 Å². The van der Waals surface area contributed by atoms with E-state index >= 15 is 0 Å². The van der Waals surface area contributed by atoms with Crippen LogP contribution in [-0.4, -0.2) is 17.1 Å². The molecule has 0 bridgehead atoms. The maximum atomic E-state index is 13.5. The maximum absolute atomic E-state index is 13.5. The molecular formula is C12H8F4N2O. The molecule has 0 atom stereocenters. The molecule has 0 saturated carbocycles. The molecule has 0 aliphatic carbocycles. The van der Waals surface area contributed by atoms with Crippen LogP contribution in [0, 0.1) is 23.5 Å². The average Bonchev–Trinajstić information content (AvgIpc) is 2.37. The predicted octanol–water partition coefficient (Wildman–Crippen LogP) is 3.11. The van der Waals surface area contributed by atoms with Crippen LogP contribution in [0.3, 0.4) is 0 Å². The molecule has 2 rings (SSSR count). The van der Waals surface area contributed by atoms with E-state index in [9.17, 15) is 17.6 Å². The van der Waals surface area contributed by atoms with Crippen LogP contribution in [0.25, 0.3) is 0 Å². The second-order valence-corrected chi connectivity index (χ2v) is 3.75. The lowest BCUT2D eigenvalue weighted by Gasteiger charge is -2.20. The lowest BCUT2D eigenvalue weighted by atomic mass is 10.2. The number of aromatic nitrogens is 1. The van der Waals surface area contributed by atoms with Gasteiger partial charge in [-0.15, -0.1) is 0 Å². The number of hydrogen-bond donors (Lipinski definition) is 1. The highest BCUT2D eigenvalue weighted by Crippen LogP contribution is 2.31. The fraction of sp³-hybridized carbons (Fsp3) is 0.0833. The van der Waals surface area contributed by atoms with Gasteiger partial charge in [-0.25, -0.2) is 0 Å². The zero-order valence-corrected chi connectivity index (χ0v) is 9.66. The number of rotatable bonds is 2. The number of hydrogen-bond acceptors (Lipinski definition) is 3. The Bertz CT molecular complexity index is 590. The van der Waals surface area contributed by atoms with E-state index in [1.807, 2.05) is 0 Å². The van der Waals surface area contributed by atoms with Gasteiger partial charge < -0.3 is 10.0 Å². The maximum Gasteiger partial charge on any atom is 0.253 e. The number of pyridine rings is 1. The van der Waals surface area contributed by atoms with Crippen molar-refractivity contribution in [1.82, 2.24) is 4.98 Å². The van der Waals surface area contributed by atoms with Crippen molar-refractivity contribution in [3.8, 4) is 5.75 Å². The molecule has 1 heterocycles. The van der Waals surface area contributed by atoms with Gasteiger partial charge in [0.1, 0.15) is 11.4 Å². The Hall–Kier alpha value is -2.31. The van der Waals surface area contributed by atoms with Crippen molar-refractivity contribution in [3.05, 3.63) is 47.8 Å². The smallest absolute Gasteiger partial charge is 0.253 e. The summed E-state index contributed by atoms with van der Waals surface area (Å²) in [6.07, 6.45) is 0. The number of phenolic OH excluding ortho intramolecular Hbond substituents is 1. The summed E-state index contributed by atoms with van der Waals surface area (Å²) in [6, 6.07) is 5.22. The van der Waals surface area contributed by atoms with Crippen LogP contribution in [-0.2, 0) is 0 Å². The monoisotopic (exact) mass is 272 g/mol. The van der Waals surface area contributed by atoms with Crippen molar-refractivity contribution in [3.63, 3.8) is 0 Å². The van der Waals surface area contributed by atoms with Crippen molar-refractivity contribution >= 4 is 11.4 Å². The molecule has 0 aliphatic heterocycles. The fourth-order valence-corrected chi connectivity index (χ4v) is 1.58. The van der Waals surface area contributed by atoms with Gasteiger partial charge in [0.25, 0.3) is 11.9 Å². The van der Waals surface area contributed by atoms with Gasteiger partial charge in [-0.05, 0) is 24.3 Å². The first kappa shape index (κ1) is 13.1. The van der Waals surface area contributed by atoms with Crippen LogP contribution in [0.1, 0.15) is 0 Å². The van der Waals surface area contributed by atoms with E-state index in [1.54, 1.807) is 0 Å². The first-order valence-corrected chi connectivity index (χ1v) is 5.14. The van der Waals surface area contributed by atoms with Gasteiger partial charge in [0, 0.05) is 12.7 Å². The Labute approximate surface area is 105 Å². The van der Waals surface area contributed by atoms with Gasteiger partial charge in [0.2, 0.25) is 11.6 Å². The topological polar surface area (TPSA) is 36.4 Å². The summed E-state index contributed by atoms with van der Waals surface area (Å²) in [6.45, 7) is 0. The number of anilines is 2. The molecule has 0 saturated heterocycles. The number of benzene rings is 1. The fourth-order valence-electron chi connectivity index (χ4n) is 1.58. The molecule has 3 nitrogen and oxygen atoms in total. The third-order valence-corrected chi connectivity index (χ3v) is 2.55. The molecule has 0 amide bonds. The molecule has 100 valence electrons. The molecular weight excluding hydrogens is 264 g/mol. The normalized spacial score (nSPS) is 10.6. The van der Waals surface area contributed by atoms with Crippen LogP contribution in [0.5, 0.6) is 5.75 Å². The summed E-state index contributed by atoms with van der Waals surface area (Å²) in [4.78, 5) is 3.39. The summed E-state index contributed by atoms with van der Waals surface area (Å²) < 4.78 is 53.0. The summed E-state index contributed by atoms with van der Waals surface area (Å²) in [5, 5.41) is 9.11. The van der Waals surface area contributed by atoms with Gasteiger partial charge in [-0.3, -0.25) is 0 Å². The van der Waals surface area contributed by atoms with E-state index in [0.29, 0.717) is 0 Å². The second kappa shape index (κ2) is 4.75. The SMILES string of the molecule is CN(c1ccc(O)cc1)c1c(F)c(F)nc(F)c1F. The number of phenols is 1. The van der Waals surface area contributed by atoms with E-state index in [2.05, 4.69) is 4.98 Å². The predicted molar refractivity (Wildman–Crippen MR) is 60.2 cm³/mol. The van der Waals surface area contributed by atoms with Crippen LogP contribution in [0.4, 0.5) is 28.9 Å². The Kier molecular flexibility index (Phi) is 3.28. The Morgan fingerprint density at radius 1 is 0.947 bits per heavy atom. The minimum absolute atomic E-state index is 0.0508. The highest BCUT2D eigenvalue weighted by Gasteiger charge is 2.24. The number of aromatic hydroxyl groups is 1. The lowest BCUT2D eigenvalue weighted by molar-refractivity contribution is 0.409. The van der Waals surface area contributed by atoms with Crippen LogP contribution in [0.15, 0.2) is 24.3 Å². The minimum atomic E-state index is -1.72. The van der Waals surface area contributed by atoms with E-state index in [1.165, 1.54) is 31.3 Å². The summed E-state index contributed by atoms with van der Waals surface area (Å²) in [7, 11) is 1.23. The van der Waals surface area contributed by atoms with E-state index in [0.717, 1.165) is 4.90 Å². The van der Waals surface area contributed by atoms with Crippen LogP contribution < -0.4 is 4.90 Å². The first-order chi connectivity index (χ1) is 8.91. The molecule has 1 aromatic heterocycles. The summed E-state index contributed by atoms with van der Waals surface area (Å²) in [5.74, 6) is -6.67. The van der Waals surface area contributed by atoms with Crippen molar-refractivity contribution < 1.29 is 22.7 Å². The molecule has 0 spiro atoms. The molecule has 0 fully saturated rings. The highest BCUT2D eigenvalue weighted by atomic mass is 19.2. The third kappa shape index (κ3) is 2.31. The molecule has 0 unspecified atom stereocenters. The summed E-state index contributed by atoms with van der Waals surface area (Å²) >= 11 is 0. The van der Waals surface area contributed by atoms with Crippen molar-refractivity contribution in [2.24, 2.45) is 0 Å². The van der Waals surface area contributed by atoms with Gasteiger partial charge in [-0.1, -0.05) is 0 Å². The average molecular weight is 272 g/mol. The third-order valence-electron chi connectivity index (χ3n) is 2.55. The molecule has 1 N–H and O–H groups in total. The Morgan fingerprint density at radius 2 is 1.42 bits per heavy atom. The van der Waals surface area contributed by atoms with E-state index in [-0.39, 0.29) is 11.4 Å². The largest absolute Gasteiger partial charge is 0.508 e. The first-order valence-electron chi connectivity index (χ1n) is 5.14. The quantitative estimate of drug-likeness (QED) is 0.674. The Balaban J connectivity index is 2.55. The van der Waals surface area contributed by atoms with Gasteiger partial charge in [-0.2, -0.15) is 22.5 Å². The van der Waals surface area contributed by atoms with Crippen LogP contribution >= 0.6 is 0 Å². The van der Waals surface area contributed by atoms with E-state index < -0.39 is 29.2 Å². The zero-order valence-electron chi connectivity index (χ0n) is 9.66. The second-order valence-electron chi connectivity index (χ2n) is 3.75. The molecule has 7 heteroatoms. The molecule has 19 heavy (non-hydrogen) atoms. The highest BCUT2D eigenvalue weighted by molar-refractivity contribution is 5.63. The number of halogens is 4. The molecule has 1 aromatic carbocycles. The standard InChI is InChI=1S/C12H8F4N2O/c1-18(6-2-4-7(19)5-3-6)10-8(13)11(15)17-12(16)9(10)14/h2-5,19H,1H3. The summed E-state index contributed by atoms with van der Waals surface area (Å²) in [5.41, 5.74) is -0.656. The van der Waals surface area contributed by atoms with Gasteiger partial charge in [0.15, 0.2) is 0 Å². The van der Waals surface area contributed by atoms with Gasteiger partial charge in [0.05, 0.1) is 0 Å². The molecule has 0 radical (unpaired) electrons. The lowest BCUT2D eigenvalue weighted by Crippen LogP contribution is -2.16. The van der Waals surface area contributed by atoms with Gasteiger partial charge >= 0.3 is 0 Å². The zero-order chi connectivity index (χ0) is 14.2. The minimum Gasteiger partial charge on any atom is -0.508 e. The van der Waals surface area contributed by atoms with Crippen molar-refractivity contribution in [1.29, 1.82) is 0 Å². The molecule has 2 aromatic rings. The number of nitrogens with zero attached hydrogens (tertiary/aromatic N) is 2. The Morgan fingerprint density at radius 3 is 1.89 bits per heavy atom. The van der Waals surface area contributed by atoms with Crippen molar-refractivity contribution in [2.75, 3.05) is 11.9 Å². The molecule has 0 aliphatic rings. The van der Waals surface area contributed by atoms with Crippen molar-refractivity contribution in [2.45, 2.75) is 0 Å².